The SMILES string of the molecule is CCS(=O)(=O)c1ccc(CC(=O)N(Cc2ccccn2)c2nc3c(Cl)cccc3s2)cc1. The highest BCUT2D eigenvalue weighted by molar-refractivity contribution is 7.91. The van der Waals surface area contributed by atoms with Crippen LogP contribution in [0.5, 0.6) is 0 Å². The van der Waals surface area contributed by atoms with E-state index >= 15 is 0 Å². The number of para-hydroxylation sites is 1. The Morgan fingerprint density at radius 3 is 2.50 bits per heavy atom. The van der Waals surface area contributed by atoms with Crippen LogP contribution in [0, 0.1) is 0 Å². The van der Waals surface area contributed by atoms with Gasteiger partial charge in [-0.1, -0.05) is 54.1 Å². The van der Waals surface area contributed by atoms with E-state index in [1.54, 1.807) is 48.4 Å². The molecule has 4 aromatic rings. The number of carbonyl (C=O) groups is 1. The highest BCUT2D eigenvalue weighted by Crippen LogP contribution is 2.33. The summed E-state index contributed by atoms with van der Waals surface area (Å²) in [6, 6.07) is 17.5. The van der Waals surface area contributed by atoms with Crippen molar-refractivity contribution in [2.45, 2.75) is 24.8 Å². The fraction of sp³-hybridized carbons (Fsp3) is 0.174. The number of hydrogen-bond donors (Lipinski definition) is 0. The van der Waals surface area contributed by atoms with Crippen LogP contribution in [0.4, 0.5) is 5.13 Å². The minimum atomic E-state index is -3.29. The van der Waals surface area contributed by atoms with Gasteiger partial charge in [-0.05, 0) is 42.0 Å². The molecule has 1 amide bonds. The molecule has 0 aliphatic carbocycles. The lowest BCUT2D eigenvalue weighted by atomic mass is 10.1. The zero-order chi connectivity index (χ0) is 22.7. The smallest absolute Gasteiger partial charge is 0.233 e. The Morgan fingerprint density at radius 1 is 1.06 bits per heavy atom. The van der Waals surface area contributed by atoms with Gasteiger partial charge in [-0.15, -0.1) is 0 Å². The number of sulfone groups is 1. The van der Waals surface area contributed by atoms with E-state index in [0.29, 0.717) is 15.7 Å². The van der Waals surface area contributed by atoms with E-state index in [1.165, 1.54) is 11.3 Å². The molecule has 0 aliphatic heterocycles. The average molecular weight is 486 g/mol. The zero-order valence-electron chi connectivity index (χ0n) is 17.2. The lowest BCUT2D eigenvalue weighted by molar-refractivity contribution is -0.118. The van der Waals surface area contributed by atoms with Crippen molar-refractivity contribution in [3.63, 3.8) is 0 Å². The molecule has 32 heavy (non-hydrogen) atoms. The minimum Gasteiger partial charge on any atom is -0.282 e. The van der Waals surface area contributed by atoms with Crippen LogP contribution in [0.2, 0.25) is 5.02 Å². The molecule has 0 atom stereocenters. The summed E-state index contributed by atoms with van der Waals surface area (Å²) < 4.78 is 25.0. The largest absolute Gasteiger partial charge is 0.282 e. The number of fused-ring (bicyclic) bond motifs is 1. The van der Waals surface area contributed by atoms with Gasteiger partial charge in [-0.25, -0.2) is 13.4 Å². The van der Waals surface area contributed by atoms with Gasteiger partial charge in [-0.3, -0.25) is 14.7 Å². The number of benzene rings is 2. The molecular weight excluding hydrogens is 466 g/mol. The Hall–Kier alpha value is -2.81. The van der Waals surface area contributed by atoms with Gasteiger partial charge in [0.1, 0.15) is 5.52 Å². The van der Waals surface area contributed by atoms with Gasteiger partial charge in [0, 0.05) is 6.20 Å². The Balaban J connectivity index is 1.64. The van der Waals surface area contributed by atoms with Gasteiger partial charge in [-0.2, -0.15) is 0 Å². The van der Waals surface area contributed by atoms with Crippen molar-refractivity contribution in [1.29, 1.82) is 0 Å². The van der Waals surface area contributed by atoms with Gasteiger partial charge in [0.15, 0.2) is 15.0 Å². The van der Waals surface area contributed by atoms with Gasteiger partial charge < -0.3 is 0 Å². The molecule has 0 fully saturated rings. The third kappa shape index (κ3) is 4.82. The summed E-state index contributed by atoms with van der Waals surface area (Å²) in [6.07, 6.45) is 1.78. The van der Waals surface area contributed by atoms with E-state index in [4.69, 9.17) is 11.6 Å². The number of aromatic nitrogens is 2. The van der Waals surface area contributed by atoms with Crippen LogP contribution in [0.25, 0.3) is 10.2 Å². The van der Waals surface area contributed by atoms with Gasteiger partial charge in [0.2, 0.25) is 5.91 Å². The minimum absolute atomic E-state index is 0.0310. The van der Waals surface area contributed by atoms with Crippen LogP contribution >= 0.6 is 22.9 Å². The molecule has 0 unspecified atom stereocenters. The summed E-state index contributed by atoms with van der Waals surface area (Å²) in [7, 11) is -3.29. The van der Waals surface area contributed by atoms with Crippen LogP contribution in [-0.2, 0) is 27.6 Å². The number of rotatable bonds is 7. The summed E-state index contributed by atoms with van der Waals surface area (Å²) in [5.74, 6) is -0.138. The summed E-state index contributed by atoms with van der Waals surface area (Å²) >= 11 is 7.68. The van der Waals surface area contributed by atoms with E-state index in [2.05, 4.69) is 9.97 Å². The molecule has 2 heterocycles. The van der Waals surface area contributed by atoms with Crippen LogP contribution in [-0.4, -0.2) is 30.0 Å². The number of pyridine rings is 1. The van der Waals surface area contributed by atoms with Crippen molar-refractivity contribution in [2.75, 3.05) is 10.7 Å². The second-order valence-electron chi connectivity index (χ2n) is 7.11. The van der Waals surface area contributed by atoms with E-state index in [0.717, 1.165) is 16.0 Å². The molecule has 0 spiro atoms. The van der Waals surface area contributed by atoms with Crippen molar-refractivity contribution < 1.29 is 13.2 Å². The monoisotopic (exact) mass is 485 g/mol. The number of hydrogen-bond acceptors (Lipinski definition) is 6. The number of carbonyl (C=O) groups excluding carboxylic acids is 1. The third-order valence-corrected chi connectivity index (χ3v) is 8.05. The summed E-state index contributed by atoms with van der Waals surface area (Å²) in [5, 5.41) is 1.07. The van der Waals surface area contributed by atoms with Crippen LogP contribution in [0.3, 0.4) is 0 Å². The first-order chi connectivity index (χ1) is 15.4. The van der Waals surface area contributed by atoms with Crippen molar-refractivity contribution in [3.05, 3.63) is 83.1 Å². The Bertz CT molecular complexity index is 1350. The molecule has 164 valence electrons. The summed E-state index contributed by atoms with van der Waals surface area (Å²) in [5.41, 5.74) is 2.10. The fourth-order valence-corrected chi connectivity index (χ4v) is 5.35. The topological polar surface area (TPSA) is 80.2 Å². The molecular formula is C23H20ClN3O3S2. The molecule has 0 radical (unpaired) electrons. The maximum Gasteiger partial charge on any atom is 0.233 e. The third-order valence-electron chi connectivity index (χ3n) is 4.95. The number of anilines is 1. The second-order valence-corrected chi connectivity index (χ2v) is 10.8. The molecule has 2 aromatic heterocycles. The first kappa shape index (κ1) is 22.4. The maximum absolute atomic E-state index is 13.3. The van der Waals surface area contributed by atoms with Crippen LogP contribution in [0.15, 0.2) is 71.8 Å². The lowest BCUT2D eigenvalue weighted by Gasteiger charge is -2.19. The standard InChI is InChI=1S/C23H20ClN3O3S2/c1-2-32(29,30)18-11-9-16(10-12-18)14-21(28)27(15-17-6-3-4-13-25-17)23-26-22-19(24)7-5-8-20(22)31-23/h3-13H,2,14-15H2,1H3. The molecule has 0 bridgehead atoms. The van der Waals surface area contributed by atoms with E-state index in [1.807, 2.05) is 30.3 Å². The van der Waals surface area contributed by atoms with Gasteiger partial charge in [0.05, 0.1) is 39.0 Å². The Kier molecular flexibility index (Phi) is 6.55. The van der Waals surface area contributed by atoms with Crippen molar-refractivity contribution >= 4 is 54.0 Å². The average Bonchev–Trinajstić information content (AvgIpc) is 3.24. The maximum atomic E-state index is 13.3. The van der Waals surface area contributed by atoms with Crippen molar-refractivity contribution in [3.8, 4) is 0 Å². The Morgan fingerprint density at radius 2 is 1.84 bits per heavy atom. The molecule has 0 saturated heterocycles. The molecule has 0 N–H and O–H groups in total. The van der Waals surface area contributed by atoms with Crippen molar-refractivity contribution in [2.24, 2.45) is 0 Å². The number of nitrogens with zero attached hydrogens (tertiary/aromatic N) is 3. The summed E-state index contributed by atoms with van der Waals surface area (Å²) in [6.45, 7) is 1.87. The number of amides is 1. The van der Waals surface area contributed by atoms with E-state index < -0.39 is 9.84 Å². The predicted octanol–water partition coefficient (Wildman–Crippen LogP) is 4.91. The first-order valence-electron chi connectivity index (χ1n) is 9.94. The quantitative estimate of drug-likeness (QED) is 0.371. The van der Waals surface area contributed by atoms with Gasteiger partial charge >= 0.3 is 0 Å². The molecule has 2 aromatic carbocycles. The predicted molar refractivity (Wildman–Crippen MR) is 128 cm³/mol. The number of thiazole rings is 1. The number of halogens is 1. The van der Waals surface area contributed by atoms with E-state index in [-0.39, 0.29) is 29.5 Å². The van der Waals surface area contributed by atoms with Crippen molar-refractivity contribution in [1.82, 2.24) is 9.97 Å². The summed E-state index contributed by atoms with van der Waals surface area (Å²) in [4.78, 5) is 24.1. The molecule has 6 nitrogen and oxygen atoms in total. The fourth-order valence-electron chi connectivity index (χ4n) is 3.19. The highest BCUT2D eigenvalue weighted by Gasteiger charge is 2.22. The highest BCUT2D eigenvalue weighted by atomic mass is 35.5. The normalized spacial score (nSPS) is 11.6. The second kappa shape index (κ2) is 9.36. The molecule has 0 aliphatic rings. The zero-order valence-corrected chi connectivity index (χ0v) is 19.6. The Labute approximate surface area is 195 Å². The molecule has 4 rings (SSSR count). The van der Waals surface area contributed by atoms with Crippen LogP contribution < -0.4 is 4.90 Å². The molecule has 9 heteroatoms. The van der Waals surface area contributed by atoms with Crippen LogP contribution in [0.1, 0.15) is 18.2 Å². The van der Waals surface area contributed by atoms with Gasteiger partial charge in [0.25, 0.3) is 0 Å². The lowest BCUT2D eigenvalue weighted by Crippen LogP contribution is -2.32. The first-order valence-corrected chi connectivity index (χ1v) is 12.8. The molecule has 0 saturated carbocycles. The van der Waals surface area contributed by atoms with E-state index in [9.17, 15) is 13.2 Å².